The average Bonchev–Trinajstić information content (AvgIpc) is 2.12. The standard InChI is InChI=1S/C6H11BrO5/c7-1-3(9)5(11)6(12)4(10)2-8/h3-5,8-11H,1-2H2/t3-,4-,5-/m1/s1. The molecule has 0 aromatic heterocycles. The van der Waals surface area contributed by atoms with E-state index in [-0.39, 0.29) is 5.33 Å². The Morgan fingerprint density at radius 2 is 1.83 bits per heavy atom. The molecular weight excluding hydrogens is 232 g/mol. The molecular formula is C6H11BrO5. The Morgan fingerprint density at radius 1 is 1.33 bits per heavy atom. The number of aliphatic hydroxyl groups excluding tert-OH is 4. The number of Topliss-reactive ketones (excluding diaryl/α,β-unsaturated/α-hetero) is 1. The molecule has 0 fully saturated rings. The van der Waals surface area contributed by atoms with Crippen molar-refractivity contribution in [2.45, 2.75) is 18.3 Å². The van der Waals surface area contributed by atoms with Gasteiger partial charge in [-0.2, -0.15) is 0 Å². The van der Waals surface area contributed by atoms with E-state index in [4.69, 9.17) is 20.4 Å². The molecule has 0 saturated carbocycles. The second-order valence-electron chi connectivity index (χ2n) is 2.27. The van der Waals surface area contributed by atoms with Crippen molar-refractivity contribution in [2.75, 3.05) is 11.9 Å². The molecule has 0 amide bonds. The molecule has 72 valence electrons. The molecule has 0 aliphatic heterocycles. The minimum absolute atomic E-state index is 0.0258. The second-order valence-corrected chi connectivity index (χ2v) is 2.91. The van der Waals surface area contributed by atoms with Crippen LogP contribution in [-0.2, 0) is 4.79 Å². The van der Waals surface area contributed by atoms with Gasteiger partial charge in [0.25, 0.3) is 0 Å². The van der Waals surface area contributed by atoms with Gasteiger partial charge in [-0.05, 0) is 0 Å². The van der Waals surface area contributed by atoms with Crippen LogP contribution in [0.2, 0.25) is 0 Å². The second kappa shape index (κ2) is 5.60. The Morgan fingerprint density at radius 3 is 2.17 bits per heavy atom. The van der Waals surface area contributed by atoms with Crippen molar-refractivity contribution in [1.29, 1.82) is 0 Å². The lowest BCUT2D eigenvalue weighted by atomic mass is 10.1. The molecule has 0 aromatic rings. The Labute approximate surface area is 77.8 Å². The summed E-state index contributed by atoms with van der Waals surface area (Å²) in [5, 5.41) is 35.0. The van der Waals surface area contributed by atoms with Crippen molar-refractivity contribution in [2.24, 2.45) is 0 Å². The number of carbonyl (C=O) groups is 1. The van der Waals surface area contributed by atoms with Crippen molar-refractivity contribution in [3.63, 3.8) is 0 Å². The molecule has 0 aliphatic carbocycles. The van der Waals surface area contributed by atoms with Crippen LogP contribution in [0.5, 0.6) is 0 Å². The molecule has 12 heavy (non-hydrogen) atoms. The fourth-order valence-corrected chi connectivity index (χ4v) is 0.915. The first-order valence-corrected chi connectivity index (χ1v) is 4.41. The van der Waals surface area contributed by atoms with Crippen molar-refractivity contribution in [3.8, 4) is 0 Å². The van der Waals surface area contributed by atoms with Crippen LogP contribution in [0.4, 0.5) is 0 Å². The molecule has 0 spiro atoms. The van der Waals surface area contributed by atoms with Crippen LogP contribution >= 0.6 is 15.9 Å². The molecule has 0 unspecified atom stereocenters. The van der Waals surface area contributed by atoms with E-state index in [0.717, 1.165) is 0 Å². The molecule has 0 aliphatic rings. The number of rotatable bonds is 5. The normalized spacial score (nSPS) is 18.4. The first-order valence-electron chi connectivity index (χ1n) is 3.29. The van der Waals surface area contributed by atoms with Gasteiger partial charge in [0.05, 0.1) is 12.7 Å². The number of carbonyl (C=O) groups excluding carboxylic acids is 1. The molecule has 0 saturated heterocycles. The number of ketones is 1. The molecule has 0 rings (SSSR count). The van der Waals surface area contributed by atoms with Crippen molar-refractivity contribution < 1.29 is 25.2 Å². The monoisotopic (exact) mass is 242 g/mol. The van der Waals surface area contributed by atoms with Crippen LogP contribution in [0, 0.1) is 0 Å². The van der Waals surface area contributed by atoms with E-state index in [9.17, 15) is 4.79 Å². The molecule has 0 radical (unpaired) electrons. The largest absolute Gasteiger partial charge is 0.393 e. The van der Waals surface area contributed by atoms with Crippen LogP contribution < -0.4 is 0 Å². The molecule has 6 heteroatoms. The summed E-state index contributed by atoms with van der Waals surface area (Å²) >= 11 is 2.85. The summed E-state index contributed by atoms with van der Waals surface area (Å²) in [6.45, 7) is -0.759. The maximum absolute atomic E-state index is 10.8. The van der Waals surface area contributed by atoms with Gasteiger partial charge in [-0.15, -0.1) is 0 Å². The van der Waals surface area contributed by atoms with Crippen molar-refractivity contribution >= 4 is 21.7 Å². The van der Waals surface area contributed by atoms with E-state index in [1.807, 2.05) is 0 Å². The van der Waals surface area contributed by atoms with Gasteiger partial charge < -0.3 is 20.4 Å². The maximum Gasteiger partial charge on any atom is 0.194 e. The van der Waals surface area contributed by atoms with Gasteiger partial charge in [0.1, 0.15) is 12.2 Å². The lowest BCUT2D eigenvalue weighted by Gasteiger charge is -2.16. The summed E-state index contributed by atoms with van der Waals surface area (Å²) in [6, 6.07) is 0. The van der Waals surface area contributed by atoms with Gasteiger partial charge in [0, 0.05) is 5.33 Å². The molecule has 0 bridgehead atoms. The van der Waals surface area contributed by atoms with Crippen LogP contribution in [0.1, 0.15) is 0 Å². The van der Waals surface area contributed by atoms with Crippen LogP contribution in [0.25, 0.3) is 0 Å². The topological polar surface area (TPSA) is 98.0 Å². The van der Waals surface area contributed by atoms with Gasteiger partial charge >= 0.3 is 0 Å². The quantitative estimate of drug-likeness (QED) is 0.420. The zero-order valence-corrected chi connectivity index (χ0v) is 7.81. The van der Waals surface area contributed by atoms with E-state index in [1.165, 1.54) is 0 Å². The number of hydrogen-bond donors (Lipinski definition) is 4. The SMILES string of the molecule is O=C([C@H](O)CO)[C@H](O)[C@H](O)CBr. The Kier molecular flexibility index (Phi) is 5.60. The lowest BCUT2D eigenvalue weighted by molar-refractivity contribution is -0.142. The van der Waals surface area contributed by atoms with Gasteiger partial charge in [0.15, 0.2) is 5.78 Å². The smallest absolute Gasteiger partial charge is 0.194 e. The third-order valence-electron chi connectivity index (χ3n) is 1.32. The Balaban J connectivity index is 4.09. The summed E-state index contributed by atoms with van der Waals surface area (Å²) in [5.74, 6) is -0.982. The zero-order chi connectivity index (χ0) is 9.72. The molecule has 5 nitrogen and oxygen atoms in total. The maximum atomic E-state index is 10.8. The Bertz CT molecular complexity index is 151. The van der Waals surface area contributed by atoms with E-state index in [2.05, 4.69) is 15.9 Å². The van der Waals surface area contributed by atoms with Crippen molar-refractivity contribution in [1.82, 2.24) is 0 Å². The van der Waals surface area contributed by atoms with Gasteiger partial charge in [0.2, 0.25) is 0 Å². The Hall–Kier alpha value is -0.01000. The summed E-state index contributed by atoms with van der Waals surface area (Å²) in [7, 11) is 0. The highest BCUT2D eigenvalue weighted by atomic mass is 79.9. The van der Waals surface area contributed by atoms with E-state index < -0.39 is 30.7 Å². The molecule has 0 aromatic carbocycles. The highest BCUT2D eigenvalue weighted by Gasteiger charge is 2.28. The number of hydrogen-bond acceptors (Lipinski definition) is 5. The fourth-order valence-electron chi connectivity index (χ4n) is 0.561. The van der Waals surface area contributed by atoms with Crippen LogP contribution in [-0.4, -0.2) is 56.5 Å². The van der Waals surface area contributed by atoms with Crippen LogP contribution in [0.15, 0.2) is 0 Å². The lowest BCUT2D eigenvalue weighted by Crippen LogP contribution is -2.42. The zero-order valence-electron chi connectivity index (χ0n) is 6.22. The first-order chi connectivity index (χ1) is 5.54. The predicted octanol–water partition coefficient (Wildman–Crippen LogP) is -1.97. The van der Waals surface area contributed by atoms with Gasteiger partial charge in [-0.25, -0.2) is 0 Å². The first kappa shape index (κ1) is 12.0. The summed E-state index contributed by atoms with van der Waals surface area (Å²) < 4.78 is 0. The number of aliphatic hydroxyl groups is 4. The summed E-state index contributed by atoms with van der Waals surface area (Å²) in [5.41, 5.74) is 0. The highest BCUT2D eigenvalue weighted by Crippen LogP contribution is 2.01. The fraction of sp³-hybridized carbons (Fsp3) is 0.833. The van der Waals surface area contributed by atoms with E-state index >= 15 is 0 Å². The average molecular weight is 243 g/mol. The van der Waals surface area contributed by atoms with E-state index in [1.54, 1.807) is 0 Å². The third-order valence-corrected chi connectivity index (χ3v) is 1.98. The minimum atomic E-state index is -1.66. The predicted molar refractivity (Wildman–Crippen MR) is 43.9 cm³/mol. The van der Waals surface area contributed by atoms with Crippen LogP contribution in [0.3, 0.4) is 0 Å². The minimum Gasteiger partial charge on any atom is -0.393 e. The summed E-state index contributed by atoms with van der Waals surface area (Å²) in [4.78, 5) is 10.8. The van der Waals surface area contributed by atoms with E-state index in [0.29, 0.717) is 0 Å². The number of alkyl halides is 1. The highest BCUT2D eigenvalue weighted by molar-refractivity contribution is 9.09. The molecule has 4 N–H and O–H groups in total. The van der Waals surface area contributed by atoms with Gasteiger partial charge in [-0.3, -0.25) is 4.79 Å². The molecule has 0 heterocycles. The van der Waals surface area contributed by atoms with Gasteiger partial charge in [-0.1, -0.05) is 15.9 Å². The third kappa shape index (κ3) is 3.16. The molecule has 3 atom stereocenters. The number of halogens is 1. The summed E-state index contributed by atoms with van der Waals surface area (Å²) in [6.07, 6.45) is -4.56. The van der Waals surface area contributed by atoms with Crippen molar-refractivity contribution in [3.05, 3.63) is 0 Å².